The molecule has 2 fully saturated rings. The fourth-order valence-corrected chi connectivity index (χ4v) is 4.37. The van der Waals surface area contributed by atoms with Gasteiger partial charge in [0.25, 0.3) is 0 Å². The molecule has 0 amide bonds. The first kappa shape index (κ1) is 13.7. The molecule has 0 aliphatic carbocycles. The number of aliphatic hydroxyl groups excluding tert-OH is 1. The van der Waals surface area contributed by atoms with E-state index in [1.54, 1.807) is 0 Å². The summed E-state index contributed by atoms with van der Waals surface area (Å²) in [4.78, 5) is 0. The van der Waals surface area contributed by atoms with Crippen molar-refractivity contribution in [1.29, 1.82) is 0 Å². The zero-order chi connectivity index (χ0) is 12.5. The fraction of sp³-hybridized carbons (Fsp3) is 1.00. The highest BCUT2D eigenvalue weighted by molar-refractivity contribution is 7.99. The predicted octanol–water partition coefficient (Wildman–Crippen LogP) is 3.09. The van der Waals surface area contributed by atoms with E-state index in [4.69, 9.17) is 4.74 Å². The van der Waals surface area contributed by atoms with Crippen LogP contribution in [-0.4, -0.2) is 34.9 Å². The molecule has 2 saturated heterocycles. The number of thioether (sulfide) groups is 1. The minimum absolute atomic E-state index is 0.00733. The molecule has 0 aromatic carbocycles. The molecule has 100 valence electrons. The van der Waals surface area contributed by atoms with Gasteiger partial charge in [0.15, 0.2) is 0 Å². The Morgan fingerprint density at radius 1 is 1.29 bits per heavy atom. The third kappa shape index (κ3) is 3.18. The molecule has 0 aromatic rings. The third-order valence-corrected chi connectivity index (χ3v) is 5.25. The average molecular weight is 258 g/mol. The largest absolute Gasteiger partial charge is 0.392 e. The van der Waals surface area contributed by atoms with Gasteiger partial charge in [0.1, 0.15) is 0 Å². The first-order valence-corrected chi connectivity index (χ1v) is 7.98. The smallest absolute Gasteiger partial charge is 0.0701 e. The summed E-state index contributed by atoms with van der Waals surface area (Å²) in [5.74, 6) is 2.86. The molecular weight excluding hydrogens is 232 g/mol. The minimum atomic E-state index is -0.196. The van der Waals surface area contributed by atoms with Gasteiger partial charge in [-0.3, -0.25) is 0 Å². The lowest BCUT2D eigenvalue weighted by atomic mass is 9.73. The van der Waals surface area contributed by atoms with Crippen LogP contribution in [-0.2, 0) is 4.74 Å². The highest BCUT2D eigenvalue weighted by Crippen LogP contribution is 2.43. The van der Waals surface area contributed by atoms with Crippen molar-refractivity contribution in [2.24, 2.45) is 11.3 Å². The summed E-state index contributed by atoms with van der Waals surface area (Å²) in [5.41, 5.74) is 0.0903. The molecule has 17 heavy (non-hydrogen) atoms. The van der Waals surface area contributed by atoms with E-state index in [1.807, 2.05) is 11.8 Å². The van der Waals surface area contributed by atoms with Crippen LogP contribution in [0.3, 0.4) is 0 Å². The van der Waals surface area contributed by atoms with Crippen LogP contribution in [0.25, 0.3) is 0 Å². The monoisotopic (exact) mass is 258 g/mol. The molecule has 2 nitrogen and oxygen atoms in total. The average Bonchev–Trinajstić information content (AvgIpc) is 2.28. The zero-order valence-electron chi connectivity index (χ0n) is 11.4. The van der Waals surface area contributed by atoms with Gasteiger partial charge in [0.2, 0.25) is 0 Å². The number of hydrogen-bond acceptors (Lipinski definition) is 3. The molecule has 2 heterocycles. The molecule has 3 heteroatoms. The predicted molar refractivity (Wildman–Crippen MR) is 73.4 cm³/mol. The van der Waals surface area contributed by atoms with Gasteiger partial charge in [-0.2, -0.15) is 11.8 Å². The normalized spacial score (nSPS) is 31.4. The second-order valence-corrected chi connectivity index (χ2v) is 7.93. The van der Waals surface area contributed by atoms with Crippen molar-refractivity contribution < 1.29 is 9.84 Å². The number of ether oxygens (including phenoxy) is 1. The van der Waals surface area contributed by atoms with Crippen LogP contribution < -0.4 is 0 Å². The fourth-order valence-electron chi connectivity index (χ4n) is 3.13. The maximum Gasteiger partial charge on any atom is 0.0701 e. The van der Waals surface area contributed by atoms with Crippen LogP contribution >= 0.6 is 11.8 Å². The number of rotatable bonds is 1. The molecule has 2 unspecified atom stereocenters. The molecule has 1 spiro atoms. The van der Waals surface area contributed by atoms with Gasteiger partial charge in [0.05, 0.1) is 11.7 Å². The van der Waals surface area contributed by atoms with Gasteiger partial charge in [-0.1, -0.05) is 20.8 Å². The Labute approximate surface area is 110 Å². The van der Waals surface area contributed by atoms with Crippen LogP contribution in [0, 0.1) is 11.3 Å². The van der Waals surface area contributed by atoms with Crippen molar-refractivity contribution in [2.45, 2.75) is 58.2 Å². The molecule has 2 rings (SSSR count). The third-order valence-electron chi connectivity index (χ3n) is 4.27. The SMILES string of the molecule is CC(C)(C)C(O)C1CCOC2(CCSCC2)C1. The van der Waals surface area contributed by atoms with E-state index < -0.39 is 0 Å². The number of aliphatic hydroxyl groups is 1. The lowest BCUT2D eigenvalue weighted by molar-refractivity contribution is -0.133. The van der Waals surface area contributed by atoms with Gasteiger partial charge in [0, 0.05) is 6.61 Å². The Morgan fingerprint density at radius 3 is 2.53 bits per heavy atom. The Hall–Kier alpha value is 0.270. The minimum Gasteiger partial charge on any atom is -0.392 e. The molecule has 2 aliphatic heterocycles. The molecular formula is C14H26O2S. The van der Waals surface area contributed by atoms with E-state index in [0.29, 0.717) is 5.92 Å². The van der Waals surface area contributed by atoms with E-state index in [1.165, 1.54) is 24.3 Å². The van der Waals surface area contributed by atoms with E-state index in [0.717, 1.165) is 19.4 Å². The van der Waals surface area contributed by atoms with E-state index in [9.17, 15) is 5.11 Å². The van der Waals surface area contributed by atoms with Crippen molar-refractivity contribution >= 4 is 11.8 Å². The molecule has 0 aromatic heterocycles. The summed E-state index contributed by atoms with van der Waals surface area (Å²) >= 11 is 2.04. The van der Waals surface area contributed by atoms with Gasteiger partial charge < -0.3 is 9.84 Å². The Kier molecular flexibility index (Phi) is 4.11. The van der Waals surface area contributed by atoms with Crippen LogP contribution in [0.4, 0.5) is 0 Å². The molecule has 0 radical (unpaired) electrons. The molecule has 1 N–H and O–H groups in total. The van der Waals surface area contributed by atoms with Crippen molar-refractivity contribution in [3.8, 4) is 0 Å². The first-order chi connectivity index (χ1) is 7.93. The van der Waals surface area contributed by atoms with E-state index >= 15 is 0 Å². The van der Waals surface area contributed by atoms with Crippen LogP contribution in [0.2, 0.25) is 0 Å². The van der Waals surface area contributed by atoms with Crippen molar-refractivity contribution in [3.05, 3.63) is 0 Å². The number of hydrogen-bond donors (Lipinski definition) is 1. The molecule has 2 aliphatic rings. The van der Waals surface area contributed by atoms with Crippen LogP contribution in [0.5, 0.6) is 0 Å². The molecule has 2 atom stereocenters. The van der Waals surface area contributed by atoms with Crippen LogP contribution in [0.1, 0.15) is 46.5 Å². The van der Waals surface area contributed by atoms with Crippen molar-refractivity contribution in [3.63, 3.8) is 0 Å². The summed E-state index contributed by atoms with van der Waals surface area (Å²) in [6.07, 6.45) is 4.23. The summed E-state index contributed by atoms with van der Waals surface area (Å²) in [5, 5.41) is 10.5. The van der Waals surface area contributed by atoms with Gasteiger partial charge >= 0.3 is 0 Å². The second-order valence-electron chi connectivity index (χ2n) is 6.71. The van der Waals surface area contributed by atoms with E-state index in [-0.39, 0.29) is 17.1 Å². The second kappa shape index (κ2) is 5.10. The maximum absolute atomic E-state index is 10.5. The Balaban J connectivity index is 2.01. The summed E-state index contributed by atoms with van der Waals surface area (Å²) in [7, 11) is 0. The Morgan fingerprint density at radius 2 is 1.94 bits per heavy atom. The Bertz CT molecular complexity index is 248. The van der Waals surface area contributed by atoms with E-state index in [2.05, 4.69) is 20.8 Å². The maximum atomic E-state index is 10.5. The molecule has 0 saturated carbocycles. The zero-order valence-corrected chi connectivity index (χ0v) is 12.2. The first-order valence-electron chi connectivity index (χ1n) is 6.83. The highest BCUT2D eigenvalue weighted by atomic mass is 32.2. The van der Waals surface area contributed by atoms with Crippen molar-refractivity contribution in [1.82, 2.24) is 0 Å². The highest BCUT2D eigenvalue weighted by Gasteiger charge is 2.42. The van der Waals surface area contributed by atoms with Crippen LogP contribution in [0.15, 0.2) is 0 Å². The van der Waals surface area contributed by atoms with Gasteiger partial charge in [-0.25, -0.2) is 0 Å². The lowest BCUT2D eigenvalue weighted by Gasteiger charge is -2.46. The summed E-state index contributed by atoms with van der Waals surface area (Å²) < 4.78 is 6.08. The quantitative estimate of drug-likeness (QED) is 0.784. The van der Waals surface area contributed by atoms with Gasteiger partial charge in [-0.05, 0) is 48.5 Å². The summed E-state index contributed by atoms with van der Waals surface area (Å²) in [6, 6.07) is 0. The lowest BCUT2D eigenvalue weighted by Crippen LogP contribution is -2.47. The molecule has 0 bridgehead atoms. The standard InChI is InChI=1S/C14H26O2S/c1-13(2,3)12(15)11-4-7-16-14(10-11)5-8-17-9-6-14/h11-12,15H,4-10H2,1-3H3. The van der Waals surface area contributed by atoms with Crippen molar-refractivity contribution in [2.75, 3.05) is 18.1 Å². The topological polar surface area (TPSA) is 29.5 Å². The summed E-state index contributed by atoms with van der Waals surface area (Å²) in [6.45, 7) is 7.24. The van der Waals surface area contributed by atoms with Gasteiger partial charge in [-0.15, -0.1) is 0 Å².